The fourth-order valence-corrected chi connectivity index (χ4v) is 2.73. The van der Waals surface area contributed by atoms with Gasteiger partial charge in [0.15, 0.2) is 0 Å². The van der Waals surface area contributed by atoms with Gasteiger partial charge in [0.1, 0.15) is 0 Å². The number of benzene rings is 2. The van der Waals surface area contributed by atoms with E-state index in [1.54, 1.807) is 0 Å². The molecular weight excluding hydrogens is 336 g/mol. The largest absolute Gasteiger partial charge is 0.361 e. The zero-order valence-corrected chi connectivity index (χ0v) is 13.1. The first-order chi connectivity index (χ1) is 9.72. The lowest BCUT2D eigenvalue weighted by Crippen LogP contribution is -2.12. The van der Waals surface area contributed by atoms with Crippen molar-refractivity contribution in [1.29, 1.82) is 0 Å². The van der Waals surface area contributed by atoms with Crippen LogP contribution in [0.2, 0.25) is 5.02 Å². The van der Waals surface area contributed by atoms with E-state index in [0.29, 0.717) is 0 Å². The van der Waals surface area contributed by atoms with Crippen molar-refractivity contribution in [2.45, 2.75) is 13.1 Å². The summed E-state index contributed by atoms with van der Waals surface area (Å²) in [6.07, 6.45) is 2.06. The highest BCUT2D eigenvalue weighted by Crippen LogP contribution is 2.22. The van der Waals surface area contributed by atoms with Gasteiger partial charge in [0.05, 0.1) is 0 Å². The molecule has 0 unspecified atom stereocenters. The van der Waals surface area contributed by atoms with Crippen LogP contribution in [0.3, 0.4) is 0 Å². The Morgan fingerprint density at radius 1 is 1.05 bits per heavy atom. The van der Waals surface area contributed by atoms with Crippen molar-refractivity contribution in [1.82, 2.24) is 10.3 Å². The number of aromatic amines is 1. The summed E-state index contributed by atoms with van der Waals surface area (Å²) in [6.45, 7) is 1.66. The van der Waals surface area contributed by atoms with Crippen molar-refractivity contribution in [3.63, 3.8) is 0 Å². The van der Waals surface area contributed by atoms with E-state index in [9.17, 15) is 0 Å². The maximum absolute atomic E-state index is 5.88. The van der Waals surface area contributed by atoms with Gasteiger partial charge in [0, 0.05) is 39.7 Å². The molecule has 0 amide bonds. The van der Waals surface area contributed by atoms with Gasteiger partial charge < -0.3 is 10.3 Å². The summed E-state index contributed by atoms with van der Waals surface area (Å²) >= 11 is 9.39. The van der Waals surface area contributed by atoms with Crippen LogP contribution in [0.15, 0.2) is 53.1 Å². The lowest BCUT2D eigenvalue weighted by atomic mass is 10.1. The minimum Gasteiger partial charge on any atom is -0.361 e. The van der Waals surface area contributed by atoms with E-state index in [0.717, 1.165) is 28.1 Å². The molecular formula is C16H14BrClN2. The Balaban J connectivity index is 1.68. The molecule has 1 aromatic heterocycles. The first-order valence-electron chi connectivity index (χ1n) is 6.43. The van der Waals surface area contributed by atoms with Crippen molar-refractivity contribution in [2.75, 3.05) is 0 Å². The molecule has 2 N–H and O–H groups in total. The zero-order chi connectivity index (χ0) is 13.9. The van der Waals surface area contributed by atoms with E-state index in [1.165, 1.54) is 16.5 Å². The van der Waals surface area contributed by atoms with E-state index < -0.39 is 0 Å². The Hall–Kier alpha value is -1.29. The van der Waals surface area contributed by atoms with Gasteiger partial charge in [0.2, 0.25) is 0 Å². The molecule has 2 aromatic carbocycles. The normalized spacial score (nSPS) is 11.1. The predicted molar refractivity (Wildman–Crippen MR) is 88.0 cm³/mol. The summed E-state index contributed by atoms with van der Waals surface area (Å²) in [6, 6.07) is 14.2. The molecule has 0 aliphatic carbocycles. The van der Waals surface area contributed by atoms with Gasteiger partial charge in [-0.3, -0.25) is 0 Å². The average molecular weight is 350 g/mol. The van der Waals surface area contributed by atoms with Crippen molar-refractivity contribution in [3.8, 4) is 0 Å². The average Bonchev–Trinajstić information content (AvgIpc) is 2.84. The third-order valence-electron chi connectivity index (χ3n) is 3.29. The third-order valence-corrected chi connectivity index (χ3v) is 4.03. The highest BCUT2D eigenvalue weighted by molar-refractivity contribution is 9.10. The van der Waals surface area contributed by atoms with Crippen LogP contribution in [0.4, 0.5) is 0 Å². The molecule has 4 heteroatoms. The predicted octanol–water partition coefficient (Wildman–Crippen LogP) is 4.87. The molecule has 0 radical (unpaired) electrons. The van der Waals surface area contributed by atoms with E-state index in [2.05, 4.69) is 44.6 Å². The third kappa shape index (κ3) is 3.06. The molecule has 0 spiro atoms. The minimum absolute atomic E-state index is 0.773. The summed E-state index contributed by atoms with van der Waals surface area (Å²) in [7, 11) is 0. The van der Waals surface area contributed by atoms with E-state index in [1.807, 2.05) is 30.3 Å². The molecule has 0 saturated carbocycles. The molecule has 0 aliphatic heterocycles. The number of rotatable bonds is 4. The van der Waals surface area contributed by atoms with Gasteiger partial charge in [-0.15, -0.1) is 0 Å². The number of aromatic nitrogens is 1. The first-order valence-corrected chi connectivity index (χ1v) is 7.60. The number of nitrogens with one attached hydrogen (secondary N) is 2. The van der Waals surface area contributed by atoms with Crippen LogP contribution >= 0.6 is 27.5 Å². The Morgan fingerprint density at radius 3 is 2.65 bits per heavy atom. The first kappa shape index (κ1) is 13.7. The summed E-state index contributed by atoms with van der Waals surface area (Å²) in [5.41, 5.74) is 3.67. The van der Waals surface area contributed by atoms with E-state index in [4.69, 9.17) is 11.6 Å². The number of halogens is 2. The number of H-pyrrole nitrogens is 1. The molecule has 1 heterocycles. The van der Waals surface area contributed by atoms with Crippen LogP contribution in [0.25, 0.3) is 10.9 Å². The lowest BCUT2D eigenvalue weighted by Gasteiger charge is -2.04. The van der Waals surface area contributed by atoms with Crippen molar-refractivity contribution in [3.05, 3.63) is 69.3 Å². The second-order valence-electron chi connectivity index (χ2n) is 4.73. The second kappa shape index (κ2) is 6.00. The van der Waals surface area contributed by atoms with Crippen molar-refractivity contribution in [2.24, 2.45) is 0 Å². The Labute approximate surface area is 131 Å². The molecule has 2 nitrogen and oxygen atoms in total. The highest BCUT2D eigenvalue weighted by atomic mass is 79.9. The molecule has 0 saturated heterocycles. The fraction of sp³-hybridized carbons (Fsp3) is 0.125. The quantitative estimate of drug-likeness (QED) is 0.690. The Kier molecular flexibility index (Phi) is 4.10. The number of hydrogen-bond donors (Lipinski definition) is 2. The van der Waals surface area contributed by atoms with Crippen LogP contribution in [0, 0.1) is 0 Å². The Bertz CT molecular complexity index is 719. The number of hydrogen-bond acceptors (Lipinski definition) is 1. The van der Waals surface area contributed by atoms with Gasteiger partial charge in [-0.1, -0.05) is 39.7 Å². The highest BCUT2D eigenvalue weighted by Gasteiger charge is 2.03. The van der Waals surface area contributed by atoms with Crippen molar-refractivity contribution < 1.29 is 0 Å². The SMILES string of the molecule is Clc1ccc(CNCc2c[nH]c3ccc(Br)cc23)cc1. The van der Waals surface area contributed by atoms with Crippen LogP contribution in [0.1, 0.15) is 11.1 Å². The molecule has 3 aromatic rings. The maximum atomic E-state index is 5.88. The monoisotopic (exact) mass is 348 g/mol. The maximum Gasteiger partial charge on any atom is 0.0458 e. The lowest BCUT2D eigenvalue weighted by molar-refractivity contribution is 0.696. The number of fused-ring (bicyclic) bond motifs is 1. The van der Waals surface area contributed by atoms with Crippen LogP contribution in [-0.2, 0) is 13.1 Å². The van der Waals surface area contributed by atoms with E-state index in [-0.39, 0.29) is 0 Å². The van der Waals surface area contributed by atoms with E-state index >= 15 is 0 Å². The molecule has 3 rings (SSSR count). The molecule has 0 bridgehead atoms. The van der Waals surface area contributed by atoms with Gasteiger partial charge in [-0.2, -0.15) is 0 Å². The zero-order valence-electron chi connectivity index (χ0n) is 10.8. The van der Waals surface area contributed by atoms with Crippen LogP contribution in [0.5, 0.6) is 0 Å². The second-order valence-corrected chi connectivity index (χ2v) is 6.09. The van der Waals surface area contributed by atoms with Gasteiger partial charge >= 0.3 is 0 Å². The van der Waals surface area contributed by atoms with Crippen LogP contribution in [-0.4, -0.2) is 4.98 Å². The molecule has 0 aliphatic rings. The standard InChI is InChI=1S/C16H14BrClN2/c17-13-3-6-16-15(7-13)12(10-20-16)9-19-8-11-1-4-14(18)5-2-11/h1-7,10,19-20H,8-9H2. The van der Waals surface area contributed by atoms with Gasteiger partial charge in [0.25, 0.3) is 0 Å². The minimum atomic E-state index is 0.773. The van der Waals surface area contributed by atoms with Gasteiger partial charge in [-0.05, 0) is 41.5 Å². The van der Waals surface area contributed by atoms with Gasteiger partial charge in [-0.25, -0.2) is 0 Å². The van der Waals surface area contributed by atoms with Crippen LogP contribution < -0.4 is 5.32 Å². The summed E-state index contributed by atoms with van der Waals surface area (Å²) < 4.78 is 1.10. The molecule has 102 valence electrons. The smallest absolute Gasteiger partial charge is 0.0458 e. The Morgan fingerprint density at radius 2 is 1.85 bits per heavy atom. The summed E-state index contributed by atoms with van der Waals surface area (Å²) in [4.78, 5) is 3.29. The molecule has 20 heavy (non-hydrogen) atoms. The fourth-order valence-electron chi connectivity index (χ4n) is 2.24. The summed E-state index contributed by atoms with van der Waals surface area (Å²) in [5, 5.41) is 5.48. The molecule has 0 fully saturated rings. The molecule has 0 atom stereocenters. The summed E-state index contributed by atoms with van der Waals surface area (Å²) in [5.74, 6) is 0. The topological polar surface area (TPSA) is 27.8 Å². The van der Waals surface area contributed by atoms with Crippen molar-refractivity contribution >= 4 is 38.4 Å².